The molecule has 4 heterocycles. The van der Waals surface area contributed by atoms with Crippen LogP contribution < -0.4 is 5.32 Å². The predicted octanol–water partition coefficient (Wildman–Crippen LogP) is 5.22. The van der Waals surface area contributed by atoms with Crippen molar-refractivity contribution in [2.24, 2.45) is 17.8 Å². The fourth-order valence-electron chi connectivity index (χ4n) is 6.15. The molecule has 3 aromatic rings. The first-order valence-electron chi connectivity index (χ1n) is 12.1. The largest absolute Gasteiger partial charge is 0.381 e. The van der Waals surface area contributed by atoms with Gasteiger partial charge in [0.25, 0.3) is 0 Å². The van der Waals surface area contributed by atoms with E-state index in [1.807, 2.05) is 0 Å². The number of aryl methyl sites for hydroxylation is 1. The predicted molar refractivity (Wildman–Crippen MR) is 131 cm³/mol. The molecule has 2 aromatic heterocycles. The maximum atomic E-state index is 5.54. The molecule has 6 heteroatoms. The lowest BCUT2D eigenvalue weighted by atomic mass is 10.00. The Bertz CT molecular complexity index is 1080. The van der Waals surface area contributed by atoms with Crippen molar-refractivity contribution in [1.82, 2.24) is 15.1 Å². The van der Waals surface area contributed by atoms with Crippen LogP contribution in [0.25, 0.3) is 21.3 Å². The Morgan fingerprint density at radius 3 is 2.62 bits per heavy atom. The molecule has 3 fully saturated rings. The third kappa shape index (κ3) is 3.93. The van der Waals surface area contributed by atoms with Crippen molar-refractivity contribution in [1.29, 1.82) is 0 Å². The molecule has 2 saturated heterocycles. The quantitative estimate of drug-likeness (QED) is 0.580. The molecular weight excluding hydrogens is 416 g/mol. The SMILES string of the molecule is Cc1ccccc1-c1nnc(N[C@@H]2CC3CN(CC4CCOCC4)C[C@H]3C2)c2ccsc12. The fraction of sp³-hybridized carbons (Fsp3) is 0.538. The van der Waals surface area contributed by atoms with Gasteiger partial charge in [0, 0.05) is 49.8 Å². The number of nitrogens with one attached hydrogen (secondary N) is 1. The molecule has 2 aliphatic heterocycles. The molecule has 0 spiro atoms. The molecule has 1 aliphatic carbocycles. The number of hydrogen-bond donors (Lipinski definition) is 1. The summed E-state index contributed by atoms with van der Waals surface area (Å²) in [7, 11) is 0. The number of aromatic nitrogens is 2. The molecule has 0 bridgehead atoms. The summed E-state index contributed by atoms with van der Waals surface area (Å²) in [6.45, 7) is 7.87. The van der Waals surface area contributed by atoms with Crippen LogP contribution in [-0.2, 0) is 4.74 Å². The molecular formula is C26H32N4OS. The highest BCUT2D eigenvalue weighted by Crippen LogP contribution is 2.41. The number of fused-ring (bicyclic) bond motifs is 2. The van der Waals surface area contributed by atoms with Gasteiger partial charge in [0.15, 0.2) is 5.82 Å². The smallest absolute Gasteiger partial charge is 0.157 e. The van der Waals surface area contributed by atoms with Crippen molar-refractivity contribution in [3.8, 4) is 11.3 Å². The van der Waals surface area contributed by atoms with E-state index in [0.717, 1.165) is 42.5 Å². The Morgan fingerprint density at radius 1 is 1.06 bits per heavy atom. The number of likely N-dealkylation sites (tertiary alicyclic amines) is 1. The van der Waals surface area contributed by atoms with Crippen LogP contribution in [-0.4, -0.2) is 54.0 Å². The van der Waals surface area contributed by atoms with E-state index in [0.29, 0.717) is 6.04 Å². The van der Waals surface area contributed by atoms with Gasteiger partial charge in [-0.3, -0.25) is 0 Å². The van der Waals surface area contributed by atoms with E-state index < -0.39 is 0 Å². The first-order chi connectivity index (χ1) is 15.7. The highest BCUT2D eigenvalue weighted by Gasteiger charge is 2.41. The van der Waals surface area contributed by atoms with Crippen LogP contribution in [0, 0.1) is 24.7 Å². The summed E-state index contributed by atoms with van der Waals surface area (Å²) in [4.78, 5) is 2.73. The second-order valence-corrected chi connectivity index (χ2v) is 10.9. The molecule has 0 amide bonds. The van der Waals surface area contributed by atoms with Gasteiger partial charge in [0.1, 0.15) is 5.69 Å². The number of thiophene rings is 1. The van der Waals surface area contributed by atoms with Crippen molar-refractivity contribution in [2.45, 2.75) is 38.6 Å². The van der Waals surface area contributed by atoms with Crippen LogP contribution in [0.5, 0.6) is 0 Å². The van der Waals surface area contributed by atoms with Crippen LogP contribution in [0.4, 0.5) is 5.82 Å². The van der Waals surface area contributed by atoms with Gasteiger partial charge in [0.2, 0.25) is 0 Å². The van der Waals surface area contributed by atoms with Gasteiger partial charge < -0.3 is 15.0 Å². The number of nitrogens with zero attached hydrogens (tertiary/aromatic N) is 3. The topological polar surface area (TPSA) is 50.3 Å². The molecule has 0 radical (unpaired) electrons. The molecule has 5 nitrogen and oxygen atoms in total. The summed E-state index contributed by atoms with van der Waals surface area (Å²) in [5, 5.41) is 16.5. The van der Waals surface area contributed by atoms with Gasteiger partial charge in [-0.15, -0.1) is 21.5 Å². The fourth-order valence-corrected chi connectivity index (χ4v) is 7.05. The van der Waals surface area contributed by atoms with Crippen molar-refractivity contribution in [3.05, 3.63) is 41.3 Å². The maximum Gasteiger partial charge on any atom is 0.157 e. The first kappa shape index (κ1) is 20.6. The van der Waals surface area contributed by atoms with Gasteiger partial charge in [-0.25, -0.2) is 0 Å². The van der Waals surface area contributed by atoms with Crippen LogP contribution in [0.3, 0.4) is 0 Å². The summed E-state index contributed by atoms with van der Waals surface area (Å²) < 4.78 is 6.77. The summed E-state index contributed by atoms with van der Waals surface area (Å²) in [6.07, 6.45) is 4.98. The number of benzene rings is 1. The molecule has 32 heavy (non-hydrogen) atoms. The lowest BCUT2D eigenvalue weighted by Gasteiger charge is -2.27. The zero-order valence-electron chi connectivity index (χ0n) is 18.8. The third-order valence-corrected chi connectivity index (χ3v) is 8.73. The molecule has 1 aromatic carbocycles. The van der Waals surface area contributed by atoms with E-state index in [1.54, 1.807) is 11.3 Å². The first-order valence-corrected chi connectivity index (χ1v) is 13.0. The minimum absolute atomic E-state index is 0.511. The van der Waals surface area contributed by atoms with E-state index in [4.69, 9.17) is 4.74 Å². The highest BCUT2D eigenvalue weighted by molar-refractivity contribution is 7.17. The Hall–Kier alpha value is -2.02. The number of rotatable bonds is 5. The Morgan fingerprint density at radius 2 is 1.84 bits per heavy atom. The zero-order valence-corrected chi connectivity index (χ0v) is 19.6. The summed E-state index contributed by atoms with van der Waals surface area (Å²) in [5.41, 5.74) is 3.43. The van der Waals surface area contributed by atoms with Crippen molar-refractivity contribution < 1.29 is 4.74 Å². The molecule has 1 N–H and O–H groups in total. The van der Waals surface area contributed by atoms with Gasteiger partial charge in [-0.1, -0.05) is 24.3 Å². The average molecular weight is 449 g/mol. The maximum absolute atomic E-state index is 5.54. The number of hydrogen-bond acceptors (Lipinski definition) is 6. The molecule has 3 aliphatic rings. The number of anilines is 1. The summed E-state index contributed by atoms with van der Waals surface area (Å²) in [5.74, 6) is 3.45. The van der Waals surface area contributed by atoms with Crippen LogP contribution in [0.15, 0.2) is 35.7 Å². The van der Waals surface area contributed by atoms with Crippen LogP contribution in [0.1, 0.15) is 31.2 Å². The van der Waals surface area contributed by atoms with Gasteiger partial charge in [-0.2, -0.15) is 0 Å². The van der Waals surface area contributed by atoms with Crippen LogP contribution >= 0.6 is 11.3 Å². The minimum Gasteiger partial charge on any atom is -0.381 e. The third-order valence-electron chi connectivity index (χ3n) is 7.81. The van der Waals surface area contributed by atoms with E-state index in [-0.39, 0.29) is 0 Å². The Balaban J connectivity index is 1.13. The standard InChI is InChI=1S/C26H32N4OS/c1-17-4-2-3-5-22(17)24-25-23(8-11-32-25)26(29-28-24)27-21-12-19-15-30(16-20(19)13-21)14-18-6-9-31-10-7-18/h2-5,8,11,18-21H,6-7,9-10,12-16H2,1H3,(H,27,29)/t19-,20?,21+/m1/s1. The minimum atomic E-state index is 0.511. The van der Waals surface area contributed by atoms with Gasteiger partial charge >= 0.3 is 0 Å². The zero-order chi connectivity index (χ0) is 21.5. The highest BCUT2D eigenvalue weighted by atomic mass is 32.1. The van der Waals surface area contributed by atoms with E-state index in [1.165, 1.54) is 66.5 Å². The van der Waals surface area contributed by atoms with E-state index in [2.05, 4.69) is 63.0 Å². The Labute approximate surface area is 194 Å². The molecule has 168 valence electrons. The molecule has 6 rings (SSSR count). The van der Waals surface area contributed by atoms with Gasteiger partial charge in [0.05, 0.1) is 4.70 Å². The monoisotopic (exact) mass is 448 g/mol. The summed E-state index contributed by atoms with van der Waals surface area (Å²) >= 11 is 1.76. The summed E-state index contributed by atoms with van der Waals surface area (Å²) in [6, 6.07) is 11.2. The second-order valence-electron chi connectivity index (χ2n) is 9.98. The number of ether oxygens (including phenoxy) is 1. The lowest BCUT2D eigenvalue weighted by molar-refractivity contribution is 0.0545. The molecule has 1 saturated carbocycles. The van der Waals surface area contributed by atoms with Gasteiger partial charge in [-0.05, 0) is 67.4 Å². The van der Waals surface area contributed by atoms with Crippen molar-refractivity contribution in [3.63, 3.8) is 0 Å². The molecule has 3 atom stereocenters. The van der Waals surface area contributed by atoms with Crippen molar-refractivity contribution >= 4 is 27.2 Å². The Kier molecular flexibility index (Phi) is 5.61. The van der Waals surface area contributed by atoms with E-state index >= 15 is 0 Å². The van der Waals surface area contributed by atoms with Crippen molar-refractivity contribution in [2.75, 3.05) is 38.2 Å². The van der Waals surface area contributed by atoms with Crippen LogP contribution in [0.2, 0.25) is 0 Å². The second kappa shape index (κ2) is 8.73. The molecule has 1 unspecified atom stereocenters. The normalized spacial score (nSPS) is 26.6. The average Bonchev–Trinajstić information content (AvgIpc) is 3.51. The lowest BCUT2D eigenvalue weighted by Crippen LogP contribution is -2.32. The van der Waals surface area contributed by atoms with E-state index in [9.17, 15) is 0 Å².